The molecule has 1 N–H and O–H groups in total. The largest absolute Gasteiger partial charge is 0.478 e. The molecule has 0 aliphatic carbocycles. The van der Waals surface area contributed by atoms with Crippen molar-refractivity contribution in [2.45, 2.75) is 31.9 Å². The lowest BCUT2D eigenvalue weighted by Crippen LogP contribution is -2.03. The van der Waals surface area contributed by atoms with Gasteiger partial charge in [-0.1, -0.05) is 41.8 Å². The highest BCUT2D eigenvalue weighted by atomic mass is 79.9. The van der Waals surface area contributed by atoms with E-state index in [1.807, 2.05) is 0 Å². The molecule has 1 aromatic carbocycles. The zero-order valence-corrected chi connectivity index (χ0v) is 12.7. The molecule has 0 aliphatic heterocycles. The summed E-state index contributed by atoms with van der Waals surface area (Å²) in [6, 6.07) is 4.83. The molecule has 0 spiro atoms. The maximum Gasteiger partial charge on any atom is 0.335 e. The van der Waals surface area contributed by atoms with E-state index in [-0.39, 0.29) is 5.56 Å². The summed E-state index contributed by atoms with van der Waals surface area (Å²) in [5.41, 5.74) is 1.14. The number of rotatable bonds is 7. The van der Waals surface area contributed by atoms with E-state index in [4.69, 9.17) is 5.11 Å². The average molecular weight is 333 g/mol. The zero-order chi connectivity index (χ0) is 13.5. The van der Waals surface area contributed by atoms with Crippen LogP contribution in [0.2, 0.25) is 0 Å². The molecular formula is C13H17BrO3S. The van der Waals surface area contributed by atoms with Crippen LogP contribution in [-0.2, 0) is 16.6 Å². The summed E-state index contributed by atoms with van der Waals surface area (Å²) in [6.45, 7) is 2.12. The van der Waals surface area contributed by atoms with Crippen molar-refractivity contribution >= 4 is 32.7 Å². The molecule has 0 saturated carbocycles. The zero-order valence-electron chi connectivity index (χ0n) is 10.3. The average Bonchev–Trinajstić information content (AvgIpc) is 2.32. The quantitative estimate of drug-likeness (QED) is 0.776. The van der Waals surface area contributed by atoms with Crippen molar-refractivity contribution in [2.24, 2.45) is 0 Å². The fourth-order valence-corrected chi connectivity index (χ4v) is 3.53. The van der Waals surface area contributed by atoms with Crippen LogP contribution in [-0.4, -0.2) is 21.0 Å². The predicted molar refractivity (Wildman–Crippen MR) is 77.3 cm³/mol. The first-order valence-electron chi connectivity index (χ1n) is 5.91. The molecule has 0 amide bonds. The van der Waals surface area contributed by atoms with Gasteiger partial charge in [0, 0.05) is 26.8 Å². The maximum atomic E-state index is 11.8. The predicted octanol–water partition coefficient (Wildman–Crippen LogP) is 3.59. The minimum Gasteiger partial charge on any atom is -0.478 e. The molecule has 0 saturated heterocycles. The number of benzene rings is 1. The summed E-state index contributed by atoms with van der Waals surface area (Å²) in [5.74, 6) is 0.233. The van der Waals surface area contributed by atoms with Crippen molar-refractivity contribution in [1.29, 1.82) is 0 Å². The Morgan fingerprint density at radius 3 is 2.67 bits per heavy atom. The van der Waals surface area contributed by atoms with Crippen LogP contribution in [0.4, 0.5) is 0 Å². The molecule has 0 aromatic heterocycles. The Labute approximate surface area is 118 Å². The van der Waals surface area contributed by atoms with Gasteiger partial charge in [0.25, 0.3) is 0 Å². The van der Waals surface area contributed by atoms with Gasteiger partial charge in [0.2, 0.25) is 0 Å². The second-order valence-electron chi connectivity index (χ2n) is 4.11. The van der Waals surface area contributed by atoms with Crippen molar-refractivity contribution in [3.8, 4) is 0 Å². The highest BCUT2D eigenvalue weighted by Gasteiger charge is 2.09. The first-order chi connectivity index (χ1) is 8.54. The number of carboxylic acid groups (broad SMARTS) is 1. The summed E-state index contributed by atoms with van der Waals surface area (Å²) in [7, 11) is -0.878. The highest BCUT2D eigenvalue weighted by molar-refractivity contribution is 9.10. The number of carboxylic acids is 1. The van der Waals surface area contributed by atoms with Crippen LogP contribution in [0.5, 0.6) is 0 Å². The van der Waals surface area contributed by atoms with Gasteiger partial charge in [-0.3, -0.25) is 4.21 Å². The summed E-state index contributed by atoms with van der Waals surface area (Å²) >= 11 is 3.33. The lowest BCUT2D eigenvalue weighted by Gasteiger charge is -2.06. The SMILES string of the molecule is CCCCCS(=O)Cc1ccc(C(=O)O)cc1Br. The van der Waals surface area contributed by atoms with Gasteiger partial charge < -0.3 is 5.11 Å². The van der Waals surface area contributed by atoms with E-state index < -0.39 is 16.8 Å². The topological polar surface area (TPSA) is 54.4 Å². The minimum atomic E-state index is -0.952. The van der Waals surface area contributed by atoms with E-state index in [0.717, 1.165) is 24.8 Å². The first kappa shape index (κ1) is 15.4. The molecule has 1 rings (SSSR count). The number of hydrogen-bond acceptors (Lipinski definition) is 2. The second-order valence-corrected chi connectivity index (χ2v) is 6.54. The van der Waals surface area contributed by atoms with Gasteiger partial charge >= 0.3 is 5.97 Å². The van der Waals surface area contributed by atoms with Crippen LogP contribution in [0, 0.1) is 0 Å². The van der Waals surface area contributed by atoms with Gasteiger partial charge in [0.1, 0.15) is 0 Å². The monoisotopic (exact) mass is 332 g/mol. The van der Waals surface area contributed by atoms with Gasteiger partial charge in [-0.25, -0.2) is 4.79 Å². The number of aromatic carboxylic acids is 1. The number of hydrogen-bond donors (Lipinski definition) is 1. The molecule has 0 heterocycles. The van der Waals surface area contributed by atoms with Gasteiger partial charge in [-0.2, -0.15) is 0 Å². The summed E-state index contributed by atoms with van der Waals surface area (Å²) in [6.07, 6.45) is 3.20. The van der Waals surface area contributed by atoms with Crippen molar-refractivity contribution in [2.75, 3.05) is 5.75 Å². The Morgan fingerprint density at radius 1 is 1.39 bits per heavy atom. The molecule has 0 bridgehead atoms. The second kappa shape index (κ2) is 7.69. The molecule has 1 unspecified atom stereocenters. The number of unbranched alkanes of at least 4 members (excludes halogenated alkanes) is 2. The van der Waals surface area contributed by atoms with Gasteiger partial charge in [0.15, 0.2) is 0 Å². The van der Waals surface area contributed by atoms with Crippen LogP contribution in [0.1, 0.15) is 42.1 Å². The third kappa shape index (κ3) is 4.90. The van der Waals surface area contributed by atoms with Crippen LogP contribution < -0.4 is 0 Å². The molecule has 0 fully saturated rings. The van der Waals surface area contributed by atoms with E-state index in [0.29, 0.717) is 16.0 Å². The van der Waals surface area contributed by atoms with Crippen molar-refractivity contribution in [3.63, 3.8) is 0 Å². The van der Waals surface area contributed by atoms with E-state index in [1.165, 1.54) is 0 Å². The maximum absolute atomic E-state index is 11.8. The summed E-state index contributed by atoms with van der Waals surface area (Å²) in [4.78, 5) is 10.8. The van der Waals surface area contributed by atoms with Crippen molar-refractivity contribution in [3.05, 3.63) is 33.8 Å². The van der Waals surface area contributed by atoms with Crippen LogP contribution in [0.25, 0.3) is 0 Å². The molecule has 100 valence electrons. The lowest BCUT2D eigenvalue weighted by atomic mass is 10.1. The third-order valence-electron chi connectivity index (χ3n) is 2.59. The smallest absolute Gasteiger partial charge is 0.335 e. The molecule has 5 heteroatoms. The molecule has 1 atom stereocenters. The number of halogens is 1. The van der Waals surface area contributed by atoms with Crippen molar-refractivity contribution < 1.29 is 14.1 Å². The minimum absolute atomic E-state index is 0.238. The van der Waals surface area contributed by atoms with Gasteiger partial charge in [0.05, 0.1) is 5.56 Å². The Kier molecular flexibility index (Phi) is 6.57. The Balaban J connectivity index is 2.62. The molecule has 1 aromatic rings. The standard InChI is InChI=1S/C13H17BrO3S/c1-2-3-4-7-18(17)9-11-6-5-10(13(15)16)8-12(11)14/h5-6,8H,2-4,7,9H2,1H3,(H,15,16). The number of carbonyl (C=O) groups is 1. The Bertz CT molecular complexity index is 446. The van der Waals surface area contributed by atoms with E-state index >= 15 is 0 Å². The van der Waals surface area contributed by atoms with E-state index in [1.54, 1.807) is 18.2 Å². The summed E-state index contributed by atoms with van der Waals surface area (Å²) < 4.78 is 12.5. The van der Waals surface area contributed by atoms with Gasteiger partial charge in [-0.15, -0.1) is 0 Å². The molecule has 18 heavy (non-hydrogen) atoms. The van der Waals surface area contributed by atoms with E-state index in [9.17, 15) is 9.00 Å². The van der Waals surface area contributed by atoms with Crippen LogP contribution in [0.3, 0.4) is 0 Å². The van der Waals surface area contributed by atoms with E-state index in [2.05, 4.69) is 22.9 Å². The summed E-state index contributed by atoms with van der Waals surface area (Å²) in [5, 5.41) is 8.84. The normalized spacial score (nSPS) is 12.3. The fraction of sp³-hybridized carbons (Fsp3) is 0.462. The molecule has 3 nitrogen and oxygen atoms in total. The molecule has 0 aliphatic rings. The van der Waals surface area contributed by atoms with Crippen LogP contribution in [0.15, 0.2) is 22.7 Å². The highest BCUT2D eigenvalue weighted by Crippen LogP contribution is 2.20. The fourth-order valence-electron chi connectivity index (χ4n) is 1.56. The Hall–Kier alpha value is -0.680. The van der Waals surface area contributed by atoms with Gasteiger partial charge in [-0.05, 0) is 24.1 Å². The third-order valence-corrected chi connectivity index (χ3v) is 4.71. The van der Waals surface area contributed by atoms with Crippen LogP contribution >= 0.6 is 15.9 Å². The molecule has 0 radical (unpaired) electrons. The van der Waals surface area contributed by atoms with Crippen molar-refractivity contribution in [1.82, 2.24) is 0 Å². The Morgan fingerprint density at radius 2 is 2.11 bits per heavy atom. The molecular weight excluding hydrogens is 316 g/mol. The lowest BCUT2D eigenvalue weighted by molar-refractivity contribution is 0.0697. The first-order valence-corrected chi connectivity index (χ1v) is 8.19.